The highest BCUT2D eigenvalue weighted by molar-refractivity contribution is 6.17. The van der Waals surface area contributed by atoms with Gasteiger partial charge in [0.25, 0.3) is 6.43 Å². The minimum atomic E-state index is -2.65. The number of halogens is 3. The molecule has 0 fully saturated rings. The van der Waals surface area contributed by atoms with Crippen LogP contribution in [-0.2, 0) is 17.6 Å². The van der Waals surface area contributed by atoms with Crippen molar-refractivity contribution < 1.29 is 18.7 Å². The third kappa shape index (κ3) is 4.30. The molecule has 0 aliphatic carbocycles. The summed E-state index contributed by atoms with van der Waals surface area (Å²) in [6, 6.07) is 4.51. The summed E-state index contributed by atoms with van der Waals surface area (Å²) >= 11 is 5.53. The van der Waals surface area contributed by atoms with E-state index in [2.05, 4.69) is 0 Å². The second-order valence-corrected chi connectivity index (χ2v) is 4.07. The van der Waals surface area contributed by atoms with Gasteiger partial charge in [-0.1, -0.05) is 12.1 Å². The molecule has 0 heterocycles. The van der Waals surface area contributed by atoms with Crippen LogP contribution >= 0.6 is 11.6 Å². The van der Waals surface area contributed by atoms with Crippen LogP contribution in [-0.4, -0.2) is 17.0 Å². The summed E-state index contributed by atoms with van der Waals surface area (Å²) < 4.78 is 25.5. The minimum Gasteiger partial charge on any atom is -0.481 e. The van der Waals surface area contributed by atoms with Gasteiger partial charge >= 0.3 is 5.97 Å². The Hall–Kier alpha value is -1.16. The van der Waals surface area contributed by atoms with Crippen LogP contribution in [0.25, 0.3) is 0 Å². The van der Waals surface area contributed by atoms with E-state index >= 15 is 0 Å². The SMILES string of the molecule is O=C(O)Cc1ccc(CCCCl)cc1C(F)F. The summed E-state index contributed by atoms with van der Waals surface area (Å²) in [7, 11) is 0. The van der Waals surface area contributed by atoms with E-state index in [1.54, 1.807) is 6.07 Å². The number of rotatable bonds is 6. The van der Waals surface area contributed by atoms with Crippen LogP contribution < -0.4 is 0 Å². The van der Waals surface area contributed by atoms with Gasteiger partial charge < -0.3 is 5.11 Å². The summed E-state index contributed by atoms with van der Waals surface area (Å²) in [5.41, 5.74) is 0.733. The van der Waals surface area contributed by atoms with Crippen LogP contribution in [0.15, 0.2) is 18.2 Å². The van der Waals surface area contributed by atoms with Gasteiger partial charge in [-0.15, -0.1) is 11.6 Å². The quantitative estimate of drug-likeness (QED) is 0.798. The van der Waals surface area contributed by atoms with E-state index < -0.39 is 12.4 Å². The molecule has 94 valence electrons. The van der Waals surface area contributed by atoms with Crippen molar-refractivity contribution in [2.45, 2.75) is 25.7 Å². The van der Waals surface area contributed by atoms with E-state index in [9.17, 15) is 13.6 Å². The zero-order valence-electron chi connectivity index (χ0n) is 9.13. The summed E-state index contributed by atoms with van der Waals surface area (Å²) in [4.78, 5) is 10.5. The van der Waals surface area contributed by atoms with E-state index in [-0.39, 0.29) is 17.5 Å². The number of aryl methyl sites for hydroxylation is 1. The predicted octanol–water partition coefficient (Wildman–Crippen LogP) is 3.42. The molecule has 17 heavy (non-hydrogen) atoms. The van der Waals surface area contributed by atoms with Crippen LogP contribution in [0.4, 0.5) is 8.78 Å². The fraction of sp³-hybridized carbons (Fsp3) is 0.417. The molecule has 5 heteroatoms. The molecule has 2 nitrogen and oxygen atoms in total. The number of aliphatic carboxylic acids is 1. The maximum Gasteiger partial charge on any atom is 0.307 e. The van der Waals surface area contributed by atoms with Gasteiger partial charge in [0.05, 0.1) is 6.42 Å². The number of hydrogen-bond acceptors (Lipinski definition) is 1. The Morgan fingerprint density at radius 2 is 2.12 bits per heavy atom. The third-order valence-corrected chi connectivity index (χ3v) is 2.65. The number of carbonyl (C=O) groups is 1. The smallest absolute Gasteiger partial charge is 0.307 e. The van der Waals surface area contributed by atoms with Gasteiger partial charge in [0.2, 0.25) is 0 Å². The van der Waals surface area contributed by atoms with E-state index in [4.69, 9.17) is 16.7 Å². The number of carboxylic acids is 1. The molecule has 1 rings (SSSR count). The highest BCUT2D eigenvalue weighted by Gasteiger charge is 2.15. The number of benzene rings is 1. The van der Waals surface area contributed by atoms with E-state index in [1.807, 2.05) is 0 Å². The Balaban J connectivity index is 2.95. The average molecular weight is 263 g/mol. The molecule has 0 spiro atoms. The molecule has 0 atom stereocenters. The van der Waals surface area contributed by atoms with Crippen LogP contribution in [0, 0.1) is 0 Å². The van der Waals surface area contributed by atoms with Gasteiger partial charge in [0.15, 0.2) is 0 Å². The van der Waals surface area contributed by atoms with Crippen molar-refractivity contribution in [2.75, 3.05) is 5.88 Å². The molecule has 0 amide bonds. The molecular formula is C12H13ClF2O2. The maximum absolute atomic E-state index is 12.8. The molecule has 1 N–H and O–H groups in total. The zero-order valence-corrected chi connectivity index (χ0v) is 9.88. The molecule has 0 saturated carbocycles. The average Bonchev–Trinajstić information content (AvgIpc) is 2.26. The summed E-state index contributed by atoms with van der Waals surface area (Å²) in [6.07, 6.45) is -1.70. The van der Waals surface area contributed by atoms with Crippen molar-refractivity contribution in [1.82, 2.24) is 0 Å². The normalized spacial score (nSPS) is 10.8. The Kier molecular flexibility index (Phi) is 5.35. The second kappa shape index (κ2) is 6.55. The molecule has 0 saturated heterocycles. The van der Waals surface area contributed by atoms with Gasteiger partial charge in [-0.25, -0.2) is 8.78 Å². The molecule has 0 bridgehead atoms. The fourth-order valence-electron chi connectivity index (χ4n) is 1.60. The first kappa shape index (κ1) is 13.9. The van der Waals surface area contributed by atoms with Crippen molar-refractivity contribution in [2.24, 2.45) is 0 Å². The van der Waals surface area contributed by atoms with Crippen LogP contribution in [0.5, 0.6) is 0 Å². The second-order valence-electron chi connectivity index (χ2n) is 3.70. The van der Waals surface area contributed by atoms with Crippen LogP contribution in [0.2, 0.25) is 0 Å². The topological polar surface area (TPSA) is 37.3 Å². The largest absolute Gasteiger partial charge is 0.481 e. The lowest BCUT2D eigenvalue weighted by Gasteiger charge is -2.09. The Morgan fingerprint density at radius 1 is 1.41 bits per heavy atom. The Morgan fingerprint density at radius 3 is 2.65 bits per heavy atom. The van der Waals surface area contributed by atoms with E-state index in [0.29, 0.717) is 18.7 Å². The lowest BCUT2D eigenvalue weighted by Crippen LogP contribution is -2.05. The first-order valence-electron chi connectivity index (χ1n) is 5.22. The monoisotopic (exact) mass is 262 g/mol. The predicted molar refractivity (Wildman–Crippen MR) is 61.8 cm³/mol. The fourth-order valence-corrected chi connectivity index (χ4v) is 1.73. The van der Waals surface area contributed by atoms with E-state index in [0.717, 1.165) is 5.56 Å². The van der Waals surface area contributed by atoms with Gasteiger partial charge in [-0.05, 0) is 30.0 Å². The third-order valence-electron chi connectivity index (χ3n) is 2.39. The number of alkyl halides is 3. The summed E-state index contributed by atoms with van der Waals surface area (Å²) in [6.45, 7) is 0. The highest BCUT2D eigenvalue weighted by atomic mass is 35.5. The Bertz CT molecular complexity index is 394. The van der Waals surface area contributed by atoms with Crippen molar-refractivity contribution in [3.05, 3.63) is 34.9 Å². The zero-order chi connectivity index (χ0) is 12.8. The molecule has 0 aromatic heterocycles. The first-order valence-corrected chi connectivity index (χ1v) is 5.75. The standard InChI is InChI=1S/C12H13ClF2O2/c13-5-1-2-8-3-4-9(7-11(16)17)10(6-8)12(14)15/h3-4,6,12H,1-2,5,7H2,(H,16,17). The molecule has 0 aliphatic heterocycles. The van der Waals surface area contributed by atoms with Gasteiger partial charge in [0, 0.05) is 11.4 Å². The molecule has 1 aromatic carbocycles. The molecule has 0 aliphatic rings. The number of hydrogen-bond donors (Lipinski definition) is 1. The van der Waals surface area contributed by atoms with Gasteiger partial charge in [-0.3, -0.25) is 4.79 Å². The summed E-state index contributed by atoms with van der Waals surface area (Å²) in [5, 5.41) is 8.62. The maximum atomic E-state index is 12.8. The Labute approximate surface area is 103 Å². The van der Waals surface area contributed by atoms with Gasteiger partial charge in [-0.2, -0.15) is 0 Å². The summed E-state index contributed by atoms with van der Waals surface area (Å²) in [5.74, 6) is -0.638. The lowest BCUT2D eigenvalue weighted by molar-refractivity contribution is -0.136. The van der Waals surface area contributed by atoms with Gasteiger partial charge in [0.1, 0.15) is 0 Å². The van der Waals surface area contributed by atoms with Crippen LogP contribution in [0.3, 0.4) is 0 Å². The first-order chi connectivity index (χ1) is 8.04. The molecule has 1 aromatic rings. The van der Waals surface area contributed by atoms with E-state index in [1.165, 1.54) is 12.1 Å². The van der Waals surface area contributed by atoms with Crippen molar-refractivity contribution in [1.29, 1.82) is 0 Å². The lowest BCUT2D eigenvalue weighted by atomic mass is 9.99. The highest BCUT2D eigenvalue weighted by Crippen LogP contribution is 2.25. The number of carboxylic acid groups (broad SMARTS) is 1. The van der Waals surface area contributed by atoms with Crippen molar-refractivity contribution in [3.8, 4) is 0 Å². The van der Waals surface area contributed by atoms with Crippen molar-refractivity contribution >= 4 is 17.6 Å². The molecular weight excluding hydrogens is 250 g/mol. The van der Waals surface area contributed by atoms with Crippen LogP contribution in [0.1, 0.15) is 29.5 Å². The minimum absolute atomic E-state index is 0.169. The van der Waals surface area contributed by atoms with Crippen molar-refractivity contribution in [3.63, 3.8) is 0 Å². The molecule has 0 unspecified atom stereocenters. The molecule has 0 radical (unpaired) electrons.